The molecule has 0 saturated heterocycles. The summed E-state index contributed by atoms with van der Waals surface area (Å²) in [5.74, 6) is 0.176. The Morgan fingerprint density at radius 2 is 2.07 bits per heavy atom. The molecule has 1 aliphatic carbocycles. The second kappa shape index (κ2) is 5.48. The lowest BCUT2D eigenvalue weighted by Gasteiger charge is -2.35. The van der Waals surface area contributed by atoms with Crippen molar-refractivity contribution in [1.29, 1.82) is 5.26 Å². The van der Waals surface area contributed by atoms with Crippen molar-refractivity contribution in [2.45, 2.75) is 51.1 Å². The molecule has 0 bridgehead atoms. The average Bonchev–Trinajstić information content (AvgIpc) is 2.17. The first-order valence-electron chi connectivity index (χ1n) is 5.75. The van der Waals surface area contributed by atoms with Gasteiger partial charge >= 0.3 is 0 Å². The quantitative estimate of drug-likeness (QED) is 0.772. The smallest absolute Gasteiger partial charge is 0.0672 e. The van der Waals surface area contributed by atoms with Crippen LogP contribution in [0.3, 0.4) is 0 Å². The summed E-state index contributed by atoms with van der Waals surface area (Å²) >= 11 is 0. The molecular weight excluding hydrogens is 188 g/mol. The number of nitriles is 1. The van der Waals surface area contributed by atoms with Crippen LogP contribution in [0.1, 0.15) is 39.5 Å². The van der Waals surface area contributed by atoms with Crippen molar-refractivity contribution in [2.75, 3.05) is 13.7 Å². The molecule has 1 N–H and O–H groups in total. The van der Waals surface area contributed by atoms with E-state index in [1.54, 1.807) is 7.11 Å². The van der Waals surface area contributed by atoms with Crippen molar-refractivity contribution in [3.63, 3.8) is 0 Å². The summed E-state index contributed by atoms with van der Waals surface area (Å²) in [7, 11) is 1.71. The minimum absolute atomic E-state index is 0.0359. The maximum atomic E-state index is 9.07. The van der Waals surface area contributed by atoms with E-state index in [0.29, 0.717) is 12.6 Å². The monoisotopic (exact) mass is 210 g/mol. The highest BCUT2D eigenvalue weighted by Crippen LogP contribution is 2.25. The van der Waals surface area contributed by atoms with Crippen LogP contribution in [0, 0.1) is 17.2 Å². The lowest BCUT2D eigenvalue weighted by atomic mass is 9.84. The van der Waals surface area contributed by atoms with E-state index in [4.69, 9.17) is 10.00 Å². The van der Waals surface area contributed by atoms with Crippen LogP contribution in [0.2, 0.25) is 0 Å². The highest BCUT2D eigenvalue weighted by Gasteiger charge is 2.29. The predicted molar refractivity (Wildman–Crippen MR) is 60.4 cm³/mol. The number of rotatable bonds is 4. The number of hydrogen-bond acceptors (Lipinski definition) is 3. The summed E-state index contributed by atoms with van der Waals surface area (Å²) < 4.78 is 5.17. The molecule has 2 unspecified atom stereocenters. The fraction of sp³-hybridized carbons (Fsp3) is 0.917. The van der Waals surface area contributed by atoms with Crippen LogP contribution in [0.25, 0.3) is 0 Å². The van der Waals surface area contributed by atoms with Gasteiger partial charge in [-0.1, -0.05) is 12.8 Å². The maximum Gasteiger partial charge on any atom is 0.0672 e. The van der Waals surface area contributed by atoms with Crippen LogP contribution in [-0.4, -0.2) is 25.3 Å². The van der Waals surface area contributed by atoms with Crippen LogP contribution in [0.4, 0.5) is 0 Å². The van der Waals surface area contributed by atoms with Gasteiger partial charge in [0.05, 0.1) is 18.6 Å². The van der Waals surface area contributed by atoms with Gasteiger partial charge in [-0.25, -0.2) is 0 Å². The Morgan fingerprint density at radius 3 is 2.67 bits per heavy atom. The zero-order valence-corrected chi connectivity index (χ0v) is 10.0. The second-order valence-corrected chi connectivity index (χ2v) is 5.09. The average molecular weight is 210 g/mol. The molecule has 0 aliphatic heterocycles. The molecule has 2 atom stereocenters. The minimum atomic E-state index is -0.0359. The Bertz CT molecular complexity index is 232. The number of ether oxygens (including phenoxy) is 1. The Hall–Kier alpha value is -0.590. The van der Waals surface area contributed by atoms with Gasteiger partial charge in [-0.05, 0) is 26.7 Å². The van der Waals surface area contributed by atoms with E-state index in [-0.39, 0.29) is 11.5 Å². The lowest BCUT2D eigenvalue weighted by molar-refractivity contribution is 0.110. The first-order chi connectivity index (χ1) is 7.09. The summed E-state index contributed by atoms with van der Waals surface area (Å²) in [6.45, 7) is 4.93. The van der Waals surface area contributed by atoms with Gasteiger partial charge in [-0.3, -0.25) is 0 Å². The molecule has 0 aromatic rings. The van der Waals surface area contributed by atoms with Crippen molar-refractivity contribution in [3.05, 3.63) is 0 Å². The third-order valence-corrected chi connectivity index (χ3v) is 3.01. The number of nitrogens with zero attached hydrogens (tertiary/aromatic N) is 1. The molecule has 3 heteroatoms. The molecule has 1 saturated carbocycles. The van der Waals surface area contributed by atoms with Crippen molar-refractivity contribution in [1.82, 2.24) is 5.32 Å². The molecule has 1 rings (SSSR count). The van der Waals surface area contributed by atoms with Gasteiger partial charge < -0.3 is 10.1 Å². The van der Waals surface area contributed by atoms with Gasteiger partial charge in [0.1, 0.15) is 0 Å². The number of nitrogens with one attached hydrogen (secondary N) is 1. The van der Waals surface area contributed by atoms with Crippen LogP contribution < -0.4 is 5.32 Å². The summed E-state index contributed by atoms with van der Waals surface area (Å²) in [5, 5.41) is 12.6. The van der Waals surface area contributed by atoms with Crippen molar-refractivity contribution in [3.8, 4) is 6.07 Å². The zero-order chi connectivity index (χ0) is 11.3. The summed E-state index contributed by atoms with van der Waals surface area (Å²) in [6.07, 6.45) is 4.59. The topological polar surface area (TPSA) is 45.0 Å². The van der Waals surface area contributed by atoms with Crippen molar-refractivity contribution >= 4 is 0 Å². The Balaban J connectivity index is 2.51. The Labute approximate surface area is 92.8 Å². The zero-order valence-electron chi connectivity index (χ0n) is 10.0. The van der Waals surface area contributed by atoms with Crippen LogP contribution in [-0.2, 0) is 4.74 Å². The summed E-state index contributed by atoms with van der Waals surface area (Å²) in [5.41, 5.74) is -0.0359. The fourth-order valence-corrected chi connectivity index (χ4v) is 2.36. The van der Waals surface area contributed by atoms with Gasteiger partial charge in [0.2, 0.25) is 0 Å². The number of methoxy groups -OCH3 is 1. The molecule has 15 heavy (non-hydrogen) atoms. The van der Waals surface area contributed by atoms with Crippen LogP contribution >= 0.6 is 0 Å². The normalized spacial score (nSPS) is 27.3. The maximum absolute atomic E-state index is 9.07. The van der Waals surface area contributed by atoms with E-state index in [2.05, 4.69) is 25.2 Å². The van der Waals surface area contributed by atoms with Crippen LogP contribution in [0.5, 0.6) is 0 Å². The molecule has 0 spiro atoms. The highest BCUT2D eigenvalue weighted by molar-refractivity contribution is 4.97. The second-order valence-electron chi connectivity index (χ2n) is 5.09. The molecule has 0 amide bonds. The molecule has 86 valence electrons. The van der Waals surface area contributed by atoms with Gasteiger partial charge in [-0.2, -0.15) is 5.26 Å². The molecule has 1 aliphatic rings. The van der Waals surface area contributed by atoms with E-state index < -0.39 is 0 Å². The number of hydrogen-bond donors (Lipinski definition) is 1. The minimum Gasteiger partial charge on any atom is -0.383 e. The molecule has 0 radical (unpaired) electrons. The van der Waals surface area contributed by atoms with Crippen molar-refractivity contribution in [2.24, 2.45) is 5.92 Å². The largest absolute Gasteiger partial charge is 0.383 e. The fourth-order valence-electron chi connectivity index (χ4n) is 2.36. The molecular formula is C12H22N2O. The van der Waals surface area contributed by atoms with Gasteiger partial charge in [0.25, 0.3) is 0 Å². The first kappa shape index (κ1) is 12.5. The first-order valence-corrected chi connectivity index (χ1v) is 5.75. The highest BCUT2D eigenvalue weighted by atomic mass is 16.5. The van der Waals surface area contributed by atoms with Gasteiger partial charge in [0, 0.05) is 18.7 Å². The van der Waals surface area contributed by atoms with Crippen molar-refractivity contribution < 1.29 is 4.74 Å². The van der Waals surface area contributed by atoms with E-state index in [9.17, 15) is 0 Å². The van der Waals surface area contributed by atoms with E-state index in [1.165, 1.54) is 12.8 Å². The third kappa shape index (κ3) is 3.81. The standard InChI is InChI=1S/C12H22N2O/c1-12(2,9-15-3)14-11-7-5-4-6-10(11)8-13/h10-11,14H,4-7,9H2,1-3H3. The Kier molecular flexibility index (Phi) is 4.56. The molecule has 0 aromatic heterocycles. The Morgan fingerprint density at radius 1 is 1.40 bits per heavy atom. The predicted octanol–water partition coefficient (Wildman–Crippen LogP) is 2.08. The third-order valence-electron chi connectivity index (χ3n) is 3.01. The van der Waals surface area contributed by atoms with Gasteiger partial charge in [0.15, 0.2) is 0 Å². The van der Waals surface area contributed by atoms with E-state index >= 15 is 0 Å². The summed E-state index contributed by atoms with van der Waals surface area (Å²) in [4.78, 5) is 0. The lowest BCUT2D eigenvalue weighted by Crippen LogP contribution is -2.52. The SMILES string of the molecule is COCC(C)(C)NC1CCCCC1C#N. The molecule has 3 nitrogen and oxygen atoms in total. The van der Waals surface area contributed by atoms with E-state index in [0.717, 1.165) is 12.8 Å². The molecule has 0 heterocycles. The molecule has 0 aromatic carbocycles. The van der Waals surface area contributed by atoms with Gasteiger partial charge in [-0.15, -0.1) is 0 Å². The molecule has 1 fully saturated rings. The summed E-state index contributed by atoms with van der Waals surface area (Å²) in [6, 6.07) is 2.76. The van der Waals surface area contributed by atoms with E-state index in [1.807, 2.05) is 0 Å². The van der Waals surface area contributed by atoms with Crippen LogP contribution in [0.15, 0.2) is 0 Å².